The van der Waals surface area contributed by atoms with Gasteiger partial charge in [-0.1, -0.05) is 60.7 Å². The van der Waals surface area contributed by atoms with E-state index in [4.69, 9.17) is 10.5 Å². The van der Waals surface area contributed by atoms with Gasteiger partial charge in [-0.25, -0.2) is 14.8 Å². The predicted molar refractivity (Wildman–Crippen MR) is 168 cm³/mol. The highest BCUT2D eigenvalue weighted by Gasteiger charge is 2.18. The fourth-order valence-electron chi connectivity index (χ4n) is 4.11. The van der Waals surface area contributed by atoms with Gasteiger partial charge in [-0.2, -0.15) is 19.2 Å². The number of hydrogen-bond acceptors (Lipinski definition) is 9. The van der Waals surface area contributed by atoms with Crippen LogP contribution in [0.1, 0.15) is 31.9 Å². The largest absolute Gasteiger partial charge is 0.444 e. The third-order valence-electron chi connectivity index (χ3n) is 6.01. The van der Waals surface area contributed by atoms with Crippen molar-refractivity contribution in [2.45, 2.75) is 39.5 Å². The molecule has 5 N–H and O–H groups in total. The summed E-state index contributed by atoms with van der Waals surface area (Å²) in [4.78, 5) is 21.0. The molecule has 0 fully saturated rings. The van der Waals surface area contributed by atoms with Gasteiger partial charge in [0.1, 0.15) is 28.9 Å². The average Bonchev–Trinajstić information content (AvgIpc) is 3.66. The standard InChI is InChI=1S/C18H21N5O2.C13H13N5/c1-18(2,3)25-17(24)22-16-11-14(21-15-9-10-20-23(15)16)19-12-13-7-5-4-6-8-13;14-11-8-12(17-13-6-7-16-18(11)13)15-9-10-4-2-1-3-5-10/h4-11H,12H2,1-3H3,(H,19,21)(H,22,24);1-8H,9,14H2,(H,15,17). The van der Waals surface area contributed by atoms with Crippen LogP contribution in [0, 0.1) is 0 Å². The molecule has 6 aromatic rings. The van der Waals surface area contributed by atoms with E-state index in [1.807, 2.05) is 75.4 Å². The molecule has 0 aliphatic rings. The molecule has 0 spiro atoms. The van der Waals surface area contributed by atoms with Crippen LogP contribution >= 0.6 is 0 Å². The summed E-state index contributed by atoms with van der Waals surface area (Å²) in [6.45, 7) is 6.79. The number of ether oxygens (including phenoxy) is 1. The second kappa shape index (κ2) is 12.9. The Hall–Kier alpha value is -5.65. The SMILES string of the molecule is CC(C)(C)OC(=O)Nc1cc(NCc2ccccc2)nc2ccnn12.Nc1cc(NCc2ccccc2)nc2ccnn12. The minimum absolute atomic E-state index is 0.486. The summed E-state index contributed by atoms with van der Waals surface area (Å²) in [6, 6.07) is 27.3. The van der Waals surface area contributed by atoms with Crippen LogP contribution in [0.5, 0.6) is 0 Å². The summed E-state index contributed by atoms with van der Waals surface area (Å²) < 4.78 is 8.46. The monoisotopic (exact) mass is 578 g/mol. The van der Waals surface area contributed by atoms with E-state index in [0.29, 0.717) is 29.6 Å². The van der Waals surface area contributed by atoms with Gasteiger partial charge in [0.15, 0.2) is 11.3 Å². The molecule has 0 bridgehead atoms. The number of nitrogen functional groups attached to an aromatic ring is 1. The summed E-state index contributed by atoms with van der Waals surface area (Å²) in [5.41, 5.74) is 9.02. The van der Waals surface area contributed by atoms with E-state index in [1.165, 1.54) is 5.56 Å². The molecule has 2 aromatic carbocycles. The summed E-state index contributed by atoms with van der Waals surface area (Å²) in [5.74, 6) is 2.45. The lowest BCUT2D eigenvalue weighted by molar-refractivity contribution is 0.0635. The molecule has 6 rings (SSSR count). The van der Waals surface area contributed by atoms with E-state index in [-0.39, 0.29) is 0 Å². The Morgan fingerprint density at radius 2 is 1.28 bits per heavy atom. The molecule has 0 atom stereocenters. The van der Waals surface area contributed by atoms with Crippen LogP contribution in [0.3, 0.4) is 0 Å². The molecule has 4 heterocycles. The zero-order valence-corrected chi connectivity index (χ0v) is 24.2. The molecule has 0 aliphatic carbocycles. The number of rotatable bonds is 7. The Kier molecular flexibility index (Phi) is 8.66. The quantitative estimate of drug-likeness (QED) is 0.190. The minimum Gasteiger partial charge on any atom is -0.444 e. The number of aromatic nitrogens is 6. The summed E-state index contributed by atoms with van der Waals surface area (Å²) in [5, 5.41) is 17.5. The fourth-order valence-corrected chi connectivity index (χ4v) is 4.11. The van der Waals surface area contributed by atoms with Crippen LogP contribution < -0.4 is 21.7 Å². The second-order valence-corrected chi connectivity index (χ2v) is 10.6. The van der Waals surface area contributed by atoms with E-state index in [1.54, 1.807) is 39.6 Å². The van der Waals surface area contributed by atoms with Crippen molar-refractivity contribution < 1.29 is 9.53 Å². The van der Waals surface area contributed by atoms with Crippen molar-refractivity contribution >= 4 is 40.7 Å². The molecule has 0 saturated heterocycles. The molecule has 4 aromatic heterocycles. The smallest absolute Gasteiger partial charge is 0.413 e. The Morgan fingerprint density at radius 3 is 1.84 bits per heavy atom. The minimum atomic E-state index is -0.575. The number of fused-ring (bicyclic) bond motifs is 2. The summed E-state index contributed by atoms with van der Waals surface area (Å²) >= 11 is 0. The highest BCUT2D eigenvalue weighted by atomic mass is 16.6. The maximum Gasteiger partial charge on any atom is 0.413 e. The van der Waals surface area contributed by atoms with Crippen molar-refractivity contribution in [3.63, 3.8) is 0 Å². The Labute approximate surface area is 248 Å². The van der Waals surface area contributed by atoms with E-state index < -0.39 is 11.7 Å². The van der Waals surface area contributed by atoms with Gasteiger partial charge >= 0.3 is 6.09 Å². The Morgan fingerprint density at radius 1 is 0.767 bits per heavy atom. The number of nitrogens with one attached hydrogen (secondary N) is 3. The fraction of sp³-hybridized carbons (Fsp3) is 0.194. The van der Waals surface area contributed by atoms with Crippen LogP contribution in [-0.4, -0.2) is 40.9 Å². The number of carbonyl (C=O) groups is 1. The molecule has 0 unspecified atom stereocenters. The van der Waals surface area contributed by atoms with Crippen LogP contribution in [0.4, 0.5) is 28.1 Å². The van der Waals surface area contributed by atoms with Gasteiger partial charge in [0.2, 0.25) is 0 Å². The number of benzene rings is 2. The topological polar surface area (TPSA) is 149 Å². The number of nitrogens with zero attached hydrogens (tertiary/aromatic N) is 6. The molecule has 0 radical (unpaired) electrons. The lowest BCUT2D eigenvalue weighted by Gasteiger charge is -2.20. The summed E-state index contributed by atoms with van der Waals surface area (Å²) in [7, 11) is 0. The van der Waals surface area contributed by atoms with E-state index in [0.717, 1.165) is 23.6 Å². The molecular formula is C31H34N10O2. The number of anilines is 4. The van der Waals surface area contributed by atoms with Gasteiger partial charge in [-0.3, -0.25) is 5.32 Å². The predicted octanol–water partition coefficient (Wildman–Crippen LogP) is 5.61. The van der Waals surface area contributed by atoms with Crippen LogP contribution in [-0.2, 0) is 17.8 Å². The molecule has 12 heteroatoms. The Bertz CT molecular complexity index is 1790. The van der Waals surface area contributed by atoms with E-state index in [9.17, 15) is 4.79 Å². The lowest BCUT2D eigenvalue weighted by Crippen LogP contribution is -2.28. The van der Waals surface area contributed by atoms with Gasteiger partial charge in [0.25, 0.3) is 0 Å². The Balaban J connectivity index is 0.000000180. The maximum atomic E-state index is 12.1. The zero-order valence-electron chi connectivity index (χ0n) is 24.2. The number of nitrogens with two attached hydrogens (primary N) is 1. The number of carbonyl (C=O) groups excluding carboxylic acids is 1. The first-order valence-electron chi connectivity index (χ1n) is 13.7. The third kappa shape index (κ3) is 7.97. The van der Waals surface area contributed by atoms with Crippen molar-refractivity contribution in [2.75, 3.05) is 21.7 Å². The number of amides is 1. The first kappa shape index (κ1) is 28.9. The maximum absolute atomic E-state index is 12.1. The van der Waals surface area contributed by atoms with Gasteiger partial charge < -0.3 is 21.1 Å². The van der Waals surface area contributed by atoms with Gasteiger partial charge in [0, 0.05) is 37.4 Å². The van der Waals surface area contributed by atoms with Gasteiger partial charge in [-0.15, -0.1) is 0 Å². The first-order valence-corrected chi connectivity index (χ1v) is 13.7. The highest BCUT2D eigenvalue weighted by molar-refractivity contribution is 5.84. The van der Waals surface area contributed by atoms with Crippen LogP contribution in [0.25, 0.3) is 11.3 Å². The lowest BCUT2D eigenvalue weighted by atomic mass is 10.2. The van der Waals surface area contributed by atoms with Crippen molar-refractivity contribution in [2.24, 2.45) is 0 Å². The highest BCUT2D eigenvalue weighted by Crippen LogP contribution is 2.18. The van der Waals surface area contributed by atoms with Crippen molar-refractivity contribution in [1.82, 2.24) is 29.2 Å². The van der Waals surface area contributed by atoms with E-state index >= 15 is 0 Å². The van der Waals surface area contributed by atoms with E-state index in [2.05, 4.69) is 48.2 Å². The molecule has 0 aliphatic heterocycles. The molecule has 43 heavy (non-hydrogen) atoms. The first-order chi connectivity index (χ1) is 20.7. The molecule has 0 saturated carbocycles. The van der Waals surface area contributed by atoms with Gasteiger partial charge in [-0.05, 0) is 31.9 Å². The molecule has 12 nitrogen and oxygen atoms in total. The average molecular weight is 579 g/mol. The van der Waals surface area contributed by atoms with Crippen molar-refractivity contribution in [3.8, 4) is 0 Å². The van der Waals surface area contributed by atoms with Crippen molar-refractivity contribution in [3.05, 3.63) is 108 Å². The number of hydrogen-bond donors (Lipinski definition) is 4. The molecule has 220 valence electrons. The zero-order chi connectivity index (χ0) is 30.2. The third-order valence-corrected chi connectivity index (χ3v) is 6.01. The van der Waals surface area contributed by atoms with Gasteiger partial charge in [0.05, 0.1) is 12.4 Å². The van der Waals surface area contributed by atoms with Crippen LogP contribution in [0.15, 0.2) is 97.3 Å². The second-order valence-electron chi connectivity index (χ2n) is 10.6. The normalized spacial score (nSPS) is 11.0. The molecule has 1 amide bonds. The molecular weight excluding hydrogens is 544 g/mol. The summed E-state index contributed by atoms with van der Waals surface area (Å²) in [6.07, 6.45) is 2.77. The van der Waals surface area contributed by atoms with Crippen LogP contribution in [0.2, 0.25) is 0 Å². The van der Waals surface area contributed by atoms with Crippen molar-refractivity contribution in [1.29, 1.82) is 0 Å².